The van der Waals surface area contributed by atoms with Gasteiger partial charge < -0.3 is 0 Å². The summed E-state index contributed by atoms with van der Waals surface area (Å²) in [6, 6.07) is 1.90. The van der Waals surface area contributed by atoms with Crippen molar-refractivity contribution in [2.75, 3.05) is 0 Å². The van der Waals surface area contributed by atoms with Gasteiger partial charge in [0.15, 0.2) is 10.3 Å². The van der Waals surface area contributed by atoms with Crippen LogP contribution in [-0.2, 0) is 6.42 Å². The summed E-state index contributed by atoms with van der Waals surface area (Å²) in [6.07, 6.45) is 4.65. The molecule has 0 unspecified atom stereocenters. The van der Waals surface area contributed by atoms with E-state index in [1.165, 1.54) is 0 Å². The molecule has 0 spiro atoms. The largest absolute Gasteiger partial charge is 0.287 e. The molecule has 2 aromatic heterocycles. The predicted octanol–water partition coefficient (Wildman–Crippen LogP) is 2.05. The number of rotatable bonds is 1. The molecule has 2 aromatic rings. The number of hydrogen-bond donors (Lipinski definition) is 0. The molecule has 0 aliphatic rings. The third-order valence-electron chi connectivity index (χ3n) is 1.75. The third-order valence-corrected chi connectivity index (χ3v) is 2.28. The minimum absolute atomic E-state index is 0.819. The van der Waals surface area contributed by atoms with Crippen molar-refractivity contribution in [3.63, 3.8) is 0 Å². The zero-order valence-corrected chi connectivity index (χ0v) is 8.24. The summed E-state index contributed by atoms with van der Waals surface area (Å²) in [5.74, 6) is 1.03. The second-order valence-corrected chi connectivity index (χ2v) is 3.24. The molecule has 0 fully saturated rings. The molecule has 0 N–H and O–H groups in total. The van der Waals surface area contributed by atoms with Crippen LogP contribution < -0.4 is 0 Å². The smallest absolute Gasteiger partial charge is 0.171 e. The number of aromatic nitrogens is 3. The monoisotopic (exact) mass is 225 g/mol. The van der Waals surface area contributed by atoms with Crippen molar-refractivity contribution in [1.82, 2.24) is 14.4 Å². The van der Waals surface area contributed by atoms with E-state index in [1.807, 2.05) is 16.7 Å². The van der Waals surface area contributed by atoms with E-state index in [1.54, 1.807) is 6.20 Å². The van der Waals surface area contributed by atoms with Gasteiger partial charge in [-0.2, -0.15) is 0 Å². The number of halogens is 1. The molecule has 3 nitrogen and oxygen atoms in total. The van der Waals surface area contributed by atoms with Crippen LogP contribution in [-0.4, -0.2) is 14.4 Å². The van der Waals surface area contributed by atoms with Crippen molar-refractivity contribution >= 4 is 21.6 Å². The van der Waals surface area contributed by atoms with E-state index in [2.05, 4.69) is 32.8 Å². The minimum atomic E-state index is 0.819. The van der Waals surface area contributed by atoms with Crippen LogP contribution in [0, 0.1) is 0 Å². The third kappa shape index (κ3) is 1.03. The first-order chi connectivity index (χ1) is 5.83. The Hall–Kier alpha value is -0.900. The molecule has 0 radical (unpaired) electrons. The Kier molecular flexibility index (Phi) is 1.84. The standard InChI is InChI=1S/C8H8BrN3/c1-2-6-11-7(9)8-10-4-3-5-12(6)8/h3-5H,2H2,1H3. The van der Waals surface area contributed by atoms with Crippen molar-refractivity contribution in [3.8, 4) is 0 Å². The van der Waals surface area contributed by atoms with Crippen molar-refractivity contribution in [2.45, 2.75) is 13.3 Å². The molecular formula is C8H8BrN3. The minimum Gasteiger partial charge on any atom is -0.287 e. The lowest BCUT2D eigenvalue weighted by atomic mass is 10.4. The Bertz CT molecular complexity index is 408. The first-order valence-corrected chi connectivity index (χ1v) is 4.59. The van der Waals surface area contributed by atoms with Crippen LogP contribution in [0.25, 0.3) is 5.65 Å². The van der Waals surface area contributed by atoms with Gasteiger partial charge >= 0.3 is 0 Å². The van der Waals surface area contributed by atoms with Gasteiger partial charge in [0, 0.05) is 18.8 Å². The summed E-state index contributed by atoms with van der Waals surface area (Å²) in [5, 5.41) is 0. The molecule has 0 atom stereocenters. The summed E-state index contributed by atoms with van der Waals surface area (Å²) in [7, 11) is 0. The predicted molar refractivity (Wildman–Crippen MR) is 50.1 cm³/mol. The Morgan fingerprint density at radius 3 is 3.17 bits per heavy atom. The van der Waals surface area contributed by atoms with E-state index in [-0.39, 0.29) is 0 Å². The highest BCUT2D eigenvalue weighted by atomic mass is 79.9. The van der Waals surface area contributed by atoms with Gasteiger partial charge in [-0.1, -0.05) is 6.92 Å². The van der Waals surface area contributed by atoms with Crippen LogP contribution in [0.5, 0.6) is 0 Å². The highest BCUT2D eigenvalue weighted by Gasteiger charge is 2.06. The SMILES string of the molecule is CCc1nc(Br)c2ncccn12. The van der Waals surface area contributed by atoms with Crippen molar-refractivity contribution in [3.05, 3.63) is 28.9 Å². The lowest BCUT2D eigenvalue weighted by Gasteiger charge is -1.94. The van der Waals surface area contributed by atoms with Gasteiger partial charge in [0.25, 0.3) is 0 Å². The van der Waals surface area contributed by atoms with E-state index in [0.717, 1.165) is 22.5 Å². The summed E-state index contributed by atoms with van der Waals surface area (Å²) >= 11 is 3.36. The van der Waals surface area contributed by atoms with Gasteiger partial charge in [0.1, 0.15) is 5.82 Å². The maximum absolute atomic E-state index is 4.33. The molecule has 62 valence electrons. The van der Waals surface area contributed by atoms with Crippen LogP contribution in [0.1, 0.15) is 12.7 Å². The van der Waals surface area contributed by atoms with E-state index in [9.17, 15) is 0 Å². The Morgan fingerprint density at radius 1 is 1.58 bits per heavy atom. The number of nitrogens with zero attached hydrogens (tertiary/aromatic N) is 3. The average molecular weight is 226 g/mol. The van der Waals surface area contributed by atoms with Gasteiger partial charge in [0.2, 0.25) is 0 Å². The molecule has 0 bridgehead atoms. The summed E-state index contributed by atoms with van der Waals surface area (Å²) < 4.78 is 2.81. The first-order valence-electron chi connectivity index (χ1n) is 3.80. The average Bonchev–Trinajstić information content (AvgIpc) is 2.44. The fraction of sp³-hybridized carbons (Fsp3) is 0.250. The maximum Gasteiger partial charge on any atom is 0.171 e. The van der Waals surface area contributed by atoms with Gasteiger partial charge in [-0.05, 0) is 22.0 Å². The van der Waals surface area contributed by atoms with Crippen LogP contribution in [0.3, 0.4) is 0 Å². The highest BCUT2D eigenvalue weighted by Crippen LogP contribution is 2.16. The van der Waals surface area contributed by atoms with E-state index in [4.69, 9.17) is 0 Å². The van der Waals surface area contributed by atoms with Crippen LogP contribution in [0.2, 0.25) is 0 Å². The van der Waals surface area contributed by atoms with Gasteiger partial charge in [-0.3, -0.25) is 4.40 Å². The lowest BCUT2D eigenvalue weighted by Crippen LogP contribution is -1.91. The zero-order valence-electron chi connectivity index (χ0n) is 6.66. The molecule has 4 heteroatoms. The number of hydrogen-bond acceptors (Lipinski definition) is 2. The number of fused-ring (bicyclic) bond motifs is 1. The Morgan fingerprint density at radius 2 is 2.42 bits per heavy atom. The lowest BCUT2D eigenvalue weighted by molar-refractivity contribution is 0.923. The summed E-state index contributed by atoms with van der Waals surface area (Å²) in [4.78, 5) is 8.53. The van der Waals surface area contributed by atoms with E-state index in [0.29, 0.717) is 0 Å². The molecule has 0 aliphatic carbocycles. The quantitative estimate of drug-likeness (QED) is 0.744. The fourth-order valence-corrected chi connectivity index (χ4v) is 1.70. The molecule has 0 aromatic carbocycles. The maximum atomic E-state index is 4.33. The van der Waals surface area contributed by atoms with Crippen molar-refractivity contribution in [2.24, 2.45) is 0 Å². The molecule has 0 saturated heterocycles. The molecule has 2 rings (SSSR count). The Labute approximate surface area is 78.6 Å². The van der Waals surface area contributed by atoms with Crippen LogP contribution in [0.4, 0.5) is 0 Å². The molecule has 2 heterocycles. The van der Waals surface area contributed by atoms with Crippen molar-refractivity contribution in [1.29, 1.82) is 0 Å². The summed E-state index contributed by atoms with van der Waals surface area (Å²) in [5.41, 5.74) is 0.884. The second kappa shape index (κ2) is 2.86. The normalized spacial score (nSPS) is 10.8. The number of aryl methyl sites for hydroxylation is 1. The summed E-state index contributed by atoms with van der Waals surface area (Å²) in [6.45, 7) is 2.08. The molecule has 0 aliphatic heterocycles. The number of imidazole rings is 1. The van der Waals surface area contributed by atoms with Crippen LogP contribution >= 0.6 is 15.9 Å². The first kappa shape index (κ1) is 7.73. The molecule has 0 saturated carbocycles. The zero-order chi connectivity index (χ0) is 8.55. The van der Waals surface area contributed by atoms with Gasteiger partial charge in [-0.25, -0.2) is 9.97 Å². The molecular weight excluding hydrogens is 218 g/mol. The topological polar surface area (TPSA) is 30.2 Å². The highest BCUT2D eigenvalue weighted by molar-refractivity contribution is 9.10. The van der Waals surface area contributed by atoms with Crippen molar-refractivity contribution < 1.29 is 0 Å². The fourth-order valence-electron chi connectivity index (χ4n) is 1.20. The van der Waals surface area contributed by atoms with E-state index >= 15 is 0 Å². The van der Waals surface area contributed by atoms with Gasteiger partial charge in [0.05, 0.1) is 0 Å². The van der Waals surface area contributed by atoms with E-state index < -0.39 is 0 Å². The second-order valence-electron chi connectivity index (χ2n) is 2.49. The Balaban J connectivity index is 2.82. The van der Waals surface area contributed by atoms with Crippen LogP contribution in [0.15, 0.2) is 23.1 Å². The molecule has 12 heavy (non-hydrogen) atoms. The van der Waals surface area contributed by atoms with Gasteiger partial charge in [-0.15, -0.1) is 0 Å². The molecule has 0 amide bonds.